The molecule has 3 aromatic rings. The van der Waals surface area contributed by atoms with Crippen LogP contribution in [-0.2, 0) is 6.42 Å². The predicted octanol–water partition coefficient (Wildman–Crippen LogP) is 7.03. The lowest BCUT2D eigenvalue weighted by molar-refractivity contribution is 0.0725. The third-order valence-electron chi connectivity index (χ3n) is 5.98. The first-order valence-corrected chi connectivity index (χ1v) is 11.6. The Labute approximate surface area is 185 Å². The number of nitrogens with one attached hydrogen (secondary N) is 1. The van der Waals surface area contributed by atoms with E-state index in [1.165, 1.54) is 6.07 Å². The van der Waals surface area contributed by atoms with Gasteiger partial charge in [-0.15, -0.1) is 11.3 Å². The molecule has 7 heteroatoms. The zero-order chi connectivity index (χ0) is 21.0. The van der Waals surface area contributed by atoms with Crippen molar-refractivity contribution in [1.29, 1.82) is 0 Å². The first kappa shape index (κ1) is 21.1. The van der Waals surface area contributed by atoms with Crippen LogP contribution in [0.2, 0.25) is 5.02 Å². The fourth-order valence-electron chi connectivity index (χ4n) is 4.16. The number of thiazole rings is 1. The summed E-state index contributed by atoms with van der Waals surface area (Å²) in [5.74, 6) is 0.599. The van der Waals surface area contributed by atoms with Crippen LogP contribution in [0.4, 0.5) is 15.3 Å². The van der Waals surface area contributed by atoms with Crippen LogP contribution in [0.3, 0.4) is 0 Å². The lowest BCUT2D eigenvalue weighted by Gasteiger charge is -2.39. The van der Waals surface area contributed by atoms with Crippen molar-refractivity contribution >= 4 is 33.9 Å². The highest BCUT2D eigenvalue weighted by atomic mass is 35.5. The predicted molar refractivity (Wildman–Crippen MR) is 120 cm³/mol. The van der Waals surface area contributed by atoms with E-state index in [4.69, 9.17) is 21.3 Å². The van der Waals surface area contributed by atoms with Crippen LogP contribution in [0.15, 0.2) is 48.0 Å². The van der Waals surface area contributed by atoms with Gasteiger partial charge in [0.25, 0.3) is 0 Å². The van der Waals surface area contributed by atoms with Gasteiger partial charge in [0.1, 0.15) is 5.82 Å². The van der Waals surface area contributed by atoms with Crippen LogP contribution in [0, 0.1) is 11.2 Å². The highest BCUT2D eigenvalue weighted by Crippen LogP contribution is 2.43. The lowest BCUT2D eigenvalue weighted by Crippen LogP contribution is -2.34. The Morgan fingerprint density at radius 3 is 2.77 bits per heavy atom. The third kappa shape index (κ3) is 4.93. The molecule has 0 radical (unpaired) electrons. The standard InChI is InChI=1S/C23H25ClFN3OS/c1-2-23(15-16-5-3-8-20(27-16)28-22-26-13-14-30-22)11-9-17(10-12-23)29-19-7-4-6-18(24)21(19)25/h3-8,13-14,17H,2,9-12,15H2,1H3,(H,26,27,28)/t17-,23+. The Morgan fingerprint density at radius 1 is 1.23 bits per heavy atom. The molecule has 4 nitrogen and oxygen atoms in total. The van der Waals surface area contributed by atoms with Crippen molar-refractivity contribution in [3.05, 3.63) is 64.5 Å². The largest absolute Gasteiger partial charge is 0.487 e. The summed E-state index contributed by atoms with van der Waals surface area (Å²) >= 11 is 7.43. The number of benzene rings is 1. The second-order valence-electron chi connectivity index (χ2n) is 7.88. The summed E-state index contributed by atoms with van der Waals surface area (Å²) in [5, 5.41) is 6.15. The van der Waals surface area contributed by atoms with Crippen molar-refractivity contribution in [3.63, 3.8) is 0 Å². The number of hydrogen-bond donors (Lipinski definition) is 1. The topological polar surface area (TPSA) is 47.0 Å². The summed E-state index contributed by atoms with van der Waals surface area (Å²) < 4.78 is 20.1. The van der Waals surface area contributed by atoms with E-state index < -0.39 is 5.82 Å². The highest BCUT2D eigenvalue weighted by molar-refractivity contribution is 7.13. The van der Waals surface area contributed by atoms with Gasteiger partial charge in [-0.25, -0.2) is 14.4 Å². The van der Waals surface area contributed by atoms with Crippen molar-refractivity contribution < 1.29 is 9.13 Å². The second-order valence-corrected chi connectivity index (χ2v) is 9.18. The summed E-state index contributed by atoms with van der Waals surface area (Å²) in [7, 11) is 0. The van der Waals surface area contributed by atoms with Crippen LogP contribution in [0.5, 0.6) is 5.75 Å². The van der Waals surface area contributed by atoms with E-state index >= 15 is 0 Å². The molecule has 0 bridgehead atoms. The van der Waals surface area contributed by atoms with Gasteiger partial charge < -0.3 is 10.1 Å². The van der Waals surface area contributed by atoms with Gasteiger partial charge in [0.15, 0.2) is 16.7 Å². The van der Waals surface area contributed by atoms with E-state index in [-0.39, 0.29) is 22.3 Å². The Hall–Kier alpha value is -2.18. The minimum absolute atomic E-state index is 0.0171. The minimum atomic E-state index is -0.472. The van der Waals surface area contributed by atoms with Crippen molar-refractivity contribution in [2.75, 3.05) is 5.32 Å². The van der Waals surface area contributed by atoms with Gasteiger partial charge in [0.05, 0.1) is 11.1 Å². The molecule has 30 heavy (non-hydrogen) atoms. The quantitative estimate of drug-likeness (QED) is 0.423. The van der Waals surface area contributed by atoms with Crippen LogP contribution in [0.25, 0.3) is 0 Å². The fraction of sp³-hybridized carbons (Fsp3) is 0.391. The molecule has 1 aliphatic rings. The maximum atomic E-state index is 14.2. The molecule has 0 amide bonds. The van der Waals surface area contributed by atoms with Crippen molar-refractivity contribution in [2.24, 2.45) is 5.41 Å². The van der Waals surface area contributed by atoms with Gasteiger partial charge in [0, 0.05) is 17.3 Å². The molecule has 0 aliphatic heterocycles. The van der Waals surface area contributed by atoms with E-state index in [1.54, 1.807) is 29.7 Å². The maximum absolute atomic E-state index is 14.2. The van der Waals surface area contributed by atoms with Crippen molar-refractivity contribution in [3.8, 4) is 5.75 Å². The molecule has 1 N–H and O–H groups in total. The molecule has 2 heterocycles. The molecule has 0 saturated heterocycles. The van der Waals surface area contributed by atoms with E-state index in [9.17, 15) is 4.39 Å². The van der Waals surface area contributed by atoms with Crippen LogP contribution in [-0.4, -0.2) is 16.1 Å². The molecular formula is C23H25ClFN3OS. The monoisotopic (exact) mass is 445 g/mol. The number of halogens is 2. The first-order valence-electron chi connectivity index (χ1n) is 10.3. The number of pyridine rings is 1. The third-order valence-corrected chi connectivity index (χ3v) is 6.96. The number of rotatable bonds is 7. The summed E-state index contributed by atoms with van der Waals surface area (Å²) in [4.78, 5) is 9.06. The molecule has 4 rings (SSSR count). The smallest absolute Gasteiger partial charge is 0.188 e. The molecule has 1 aliphatic carbocycles. The van der Waals surface area contributed by atoms with Gasteiger partial charge >= 0.3 is 0 Å². The summed E-state index contributed by atoms with van der Waals surface area (Å²) in [5.41, 5.74) is 1.28. The average molecular weight is 446 g/mol. The SMILES string of the molecule is CC[C@]1(Cc2cccc(Nc3nccs3)n2)CC[C@@H](Oc2cccc(Cl)c2F)CC1. The Morgan fingerprint density at radius 2 is 2.03 bits per heavy atom. The Kier molecular flexibility index (Phi) is 6.54. The number of aromatic nitrogens is 2. The molecule has 1 aromatic carbocycles. The molecule has 1 saturated carbocycles. The summed E-state index contributed by atoms with van der Waals surface area (Å²) in [6.07, 6.45) is 7.66. The van der Waals surface area contributed by atoms with Crippen LogP contribution in [0.1, 0.15) is 44.7 Å². The molecule has 0 spiro atoms. The van der Waals surface area contributed by atoms with Gasteiger partial charge in [-0.2, -0.15) is 0 Å². The van der Waals surface area contributed by atoms with Gasteiger partial charge in [-0.05, 0) is 61.8 Å². The zero-order valence-electron chi connectivity index (χ0n) is 16.9. The molecule has 1 fully saturated rings. The Balaban J connectivity index is 1.39. The zero-order valence-corrected chi connectivity index (χ0v) is 18.5. The first-order chi connectivity index (χ1) is 14.6. The normalized spacial score (nSPS) is 21.4. The van der Waals surface area contributed by atoms with E-state index in [2.05, 4.69) is 23.3 Å². The van der Waals surface area contributed by atoms with Gasteiger partial charge in [-0.3, -0.25) is 0 Å². The van der Waals surface area contributed by atoms with Crippen LogP contribution < -0.4 is 10.1 Å². The molecular weight excluding hydrogens is 421 g/mol. The minimum Gasteiger partial charge on any atom is -0.487 e. The average Bonchev–Trinajstić information content (AvgIpc) is 3.26. The second kappa shape index (κ2) is 9.31. The fourth-order valence-corrected chi connectivity index (χ4v) is 4.86. The molecule has 2 aromatic heterocycles. The molecule has 0 unspecified atom stereocenters. The summed E-state index contributed by atoms with van der Waals surface area (Å²) in [6.45, 7) is 2.25. The van der Waals surface area contributed by atoms with E-state index in [1.807, 2.05) is 17.5 Å². The maximum Gasteiger partial charge on any atom is 0.188 e. The molecule has 0 atom stereocenters. The lowest BCUT2D eigenvalue weighted by atomic mass is 9.68. The summed E-state index contributed by atoms with van der Waals surface area (Å²) in [6, 6.07) is 11.0. The number of hydrogen-bond acceptors (Lipinski definition) is 5. The van der Waals surface area contributed by atoms with Gasteiger partial charge in [0.2, 0.25) is 0 Å². The highest BCUT2D eigenvalue weighted by Gasteiger charge is 2.35. The van der Waals surface area contributed by atoms with E-state index in [0.717, 1.165) is 55.2 Å². The Bertz CT molecular complexity index is 974. The van der Waals surface area contributed by atoms with Crippen molar-refractivity contribution in [1.82, 2.24) is 9.97 Å². The number of nitrogens with zero attached hydrogens (tertiary/aromatic N) is 2. The number of anilines is 2. The molecule has 158 valence electrons. The van der Waals surface area contributed by atoms with E-state index in [0.29, 0.717) is 0 Å². The number of ether oxygens (including phenoxy) is 1. The van der Waals surface area contributed by atoms with Gasteiger partial charge in [-0.1, -0.05) is 37.1 Å². The van der Waals surface area contributed by atoms with Crippen LogP contribution >= 0.6 is 22.9 Å². The van der Waals surface area contributed by atoms with Crippen molar-refractivity contribution in [2.45, 2.75) is 51.6 Å².